The lowest BCUT2D eigenvalue weighted by molar-refractivity contribution is 0.143. The van der Waals surface area contributed by atoms with Gasteiger partial charge < -0.3 is 0 Å². The Balaban J connectivity index is 1.52. The second-order valence-electron chi connectivity index (χ2n) is 7.00. The molecule has 1 aromatic rings. The van der Waals surface area contributed by atoms with Crippen molar-refractivity contribution in [1.29, 1.82) is 0 Å². The maximum atomic E-state index is 13.8. The van der Waals surface area contributed by atoms with Crippen LogP contribution in [0.25, 0.3) is 0 Å². The molecule has 2 heterocycles. The zero-order valence-corrected chi connectivity index (χ0v) is 14.7. The molecule has 2 fully saturated rings. The Morgan fingerprint density at radius 3 is 2.38 bits per heavy atom. The van der Waals surface area contributed by atoms with Crippen LogP contribution < -0.4 is 0 Å². The van der Waals surface area contributed by atoms with Gasteiger partial charge in [0.25, 0.3) is 0 Å². The Hall–Kier alpha value is -1.05. The van der Waals surface area contributed by atoms with Gasteiger partial charge in [-0.25, -0.2) is 21.5 Å². The summed E-state index contributed by atoms with van der Waals surface area (Å²) in [5.41, 5.74) is 0.401. The minimum atomic E-state index is -3.09. The Morgan fingerprint density at radius 1 is 1.08 bits per heavy atom. The first-order chi connectivity index (χ1) is 11.3. The first-order valence-electron chi connectivity index (χ1n) is 8.45. The molecular weight excluding hydrogens is 334 g/mol. The van der Waals surface area contributed by atoms with E-state index in [1.807, 2.05) is 0 Å². The number of hydrogen-bond donors (Lipinski definition) is 0. The van der Waals surface area contributed by atoms with Crippen LogP contribution in [-0.4, -0.2) is 50.1 Å². The number of sulfonamides is 1. The van der Waals surface area contributed by atoms with Gasteiger partial charge in [-0.1, -0.05) is 12.1 Å². The van der Waals surface area contributed by atoms with Gasteiger partial charge in [-0.05, 0) is 50.3 Å². The topological polar surface area (TPSA) is 40.6 Å². The molecule has 0 saturated carbocycles. The highest BCUT2D eigenvalue weighted by atomic mass is 32.2. The number of benzene rings is 1. The van der Waals surface area contributed by atoms with Crippen molar-refractivity contribution in [3.8, 4) is 0 Å². The first kappa shape index (κ1) is 17.8. The van der Waals surface area contributed by atoms with Crippen LogP contribution in [0.1, 0.15) is 24.8 Å². The molecule has 134 valence electrons. The molecule has 7 heteroatoms. The molecule has 0 bridgehead atoms. The van der Waals surface area contributed by atoms with Gasteiger partial charge in [-0.3, -0.25) is 4.90 Å². The molecule has 24 heavy (non-hydrogen) atoms. The molecule has 0 spiro atoms. The van der Waals surface area contributed by atoms with E-state index >= 15 is 0 Å². The van der Waals surface area contributed by atoms with Crippen molar-refractivity contribution in [2.75, 3.05) is 32.4 Å². The van der Waals surface area contributed by atoms with E-state index in [0.717, 1.165) is 38.4 Å². The maximum absolute atomic E-state index is 13.8. The predicted octanol–water partition coefficient (Wildman–Crippen LogP) is 2.46. The summed E-state index contributed by atoms with van der Waals surface area (Å²) in [6.45, 7) is 3.36. The van der Waals surface area contributed by atoms with Crippen LogP contribution in [-0.2, 0) is 16.6 Å². The molecule has 0 aromatic heterocycles. The number of hydrogen-bond acceptors (Lipinski definition) is 3. The summed E-state index contributed by atoms with van der Waals surface area (Å²) in [5, 5.41) is 0. The van der Waals surface area contributed by atoms with E-state index < -0.39 is 21.7 Å². The molecule has 1 unspecified atom stereocenters. The van der Waals surface area contributed by atoms with Gasteiger partial charge in [0, 0.05) is 25.2 Å². The van der Waals surface area contributed by atoms with Gasteiger partial charge in [0.2, 0.25) is 10.0 Å². The summed E-state index contributed by atoms with van der Waals surface area (Å²) >= 11 is 0. The number of likely N-dealkylation sites (tertiary alicyclic amines) is 1. The zero-order valence-electron chi connectivity index (χ0n) is 13.9. The molecule has 2 saturated heterocycles. The Kier molecular flexibility index (Phi) is 5.22. The summed E-state index contributed by atoms with van der Waals surface area (Å²) < 4.78 is 51.9. The Labute approximate surface area is 142 Å². The second-order valence-corrected chi connectivity index (χ2v) is 8.98. The van der Waals surface area contributed by atoms with Crippen LogP contribution in [0.5, 0.6) is 0 Å². The summed E-state index contributed by atoms with van der Waals surface area (Å²) in [7, 11) is -3.09. The summed E-state index contributed by atoms with van der Waals surface area (Å²) in [5.74, 6) is -0.605. The first-order valence-corrected chi connectivity index (χ1v) is 10.3. The van der Waals surface area contributed by atoms with E-state index in [-0.39, 0.29) is 0 Å². The van der Waals surface area contributed by atoms with E-state index in [9.17, 15) is 17.2 Å². The fourth-order valence-corrected chi connectivity index (χ4v) is 4.83. The number of halogens is 2. The summed E-state index contributed by atoms with van der Waals surface area (Å²) in [6, 6.07) is 4.31. The molecule has 3 rings (SSSR count). The van der Waals surface area contributed by atoms with Crippen molar-refractivity contribution < 1.29 is 17.2 Å². The third-order valence-electron chi connectivity index (χ3n) is 5.38. The van der Waals surface area contributed by atoms with Crippen LogP contribution in [0.2, 0.25) is 0 Å². The molecule has 1 atom stereocenters. The van der Waals surface area contributed by atoms with Crippen LogP contribution in [0, 0.1) is 23.5 Å². The number of nitrogens with zero attached hydrogens (tertiary/aromatic N) is 2. The van der Waals surface area contributed by atoms with Crippen LogP contribution in [0.15, 0.2) is 18.2 Å². The highest BCUT2D eigenvalue weighted by Crippen LogP contribution is 2.33. The van der Waals surface area contributed by atoms with E-state index in [0.29, 0.717) is 37.0 Å². The molecule has 0 amide bonds. The Morgan fingerprint density at radius 2 is 1.75 bits per heavy atom. The minimum Gasteiger partial charge on any atom is -0.299 e. The average molecular weight is 358 g/mol. The largest absolute Gasteiger partial charge is 0.299 e. The molecule has 0 aliphatic carbocycles. The molecule has 2 aliphatic heterocycles. The van der Waals surface area contributed by atoms with Gasteiger partial charge in [0.15, 0.2) is 11.6 Å². The lowest BCUT2D eigenvalue weighted by Crippen LogP contribution is -2.37. The van der Waals surface area contributed by atoms with E-state index in [1.165, 1.54) is 6.26 Å². The monoisotopic (exact) mass is 358 g/mol. The van der Waals surface area contributed by atoms with E-state index in [1.54, 1.807) is 16.4 Å². The smallest absolute Gasteiger partial charge is 0.211 e. The van der Waals surface area contributed by atoms with Crippen molar-refractivity contribution in [1.82, 2.24) is 9.21 Å². The average Bonchev–Trinajstić information content (AvgIpc) is 3.03. The second kappa shape index (κ2) is 7.06. The molecule has 0 N–H and O–H groups in total. The standard InChI is InChI=1S/C17H24F2N2O2S/c1-24(22,23)21-10-7-14(12-21)13-5-8-20(9-6-13)11-15-3-2-4-16(18)17(15)19/h2-4,13-14H,5-12H2,1H3. The lowest BCUT2D eigenvalue weighted by Gasteiger charge is -2.34. The van der Waals surface area contributed by atoms with Crippen molar-refractivity contribution in [3.63, 3.8) is 0 Å². The minimum absolute atomic E-state index is 0.401. The third-order valence-corrected chi connectivity index (χ3v) is 6.65. The van der Waals surface area contributed by atoms with Gasteiger partial charge >= 0.3 is 0 Å². The fraction of sp³-hybridized carbons (Fsp3) is 0.647. The maximum Gasteiger partial charge on any atom is 0.211 e. The predicted molar refractivity (Wildman–Crippen MR) is 88.9 cm³/mol. The van der Waals surface area contributed by atoms with Crippen LogP contribution in [0.3, 0.4) is 0 Å². The van der Waals surface area contributed by atoms with Gasteiger partial charge in [-0.2, -0.15) is 0 Å². The van der Waals surface area contributed by atoms with Gasteiger partial charge in [0.1, 0.15) is 0 Å². The van der Waals surface area contributed by atoms with Gasteiger partial charge in [0.05, 0.1) is 6.26 Å². The molecule has 0 radical (unpaired) electrons. The molecule has 4 nitrogen and oxygen atoms in total. The quantitative estimate of drug-likeness (QED) is 0.830. The van der Waals surface area contributed by atoms with E-state index in [2.05, 4.69) is 4.90 Å². The fourth-order valence-electron chi connectivity index (χ4n) is 3.93. The van der Waals surface area contributed by atoms with Crippen molar-refractivity contribution in [3.05, 3.63) is 35.4 Å². The normalized spacial score (nSPS) is 24.5. The SMILES string of the molecule is CS(=O)(=O)N1CCC(C2CCN(Cc3cccc(F)c3F)CC2)C1. The van der Waals surface area contributed by atoms with Crippen LogP contribution in [0.4, 0.5) is 8.78 Å². The number of piperidine rings is 1. The molecular formula is C17H24F2N2O2S. The van der Waals surface area contributed by atoms with Crippen LogP contribution >= 0.6 is 0 Å². The molecule has 1 aromatic carbocycles. The van der Waals surface area contributed by atoms with E-state index in [4.69, 9.17) is 0 Å². The van der Waals surface area contributed by atoms with Crippen molar-refractivity contribution in [2.45, 2.75) is 25.8 Å². The van der Waals surface area contributed by atoms with Gasteiger partial charge in [-0.15, -0.1) is 0 Å². The summed E-state index contributed by atoms with van der Waals surface area (Å²) in [4.78, 5) is 2.15. The molecule has 2 aliphatic rings. The third kappa shape index (κ3) is 3.95. The lowest BCUT2D eigenvalue weighted by atomic mass is 9.84. The number of rotatable bonds is 4. The Bertz CT molecular complexity index is 688. The van der Waals surface area contributed by atoms with Crippen molar-refractivity contribution >= 4 is 10.0 Å². The zero-order chi connectivity index (χ0) is 17.3. The highest BCUT2D eigenvalue weighted by Gasteiger charge is 2.35. The highest BCUT2D eigenvalue weighted by molar-refractivity contribution is 7.88. The summed E-state index contributed by atoms with van der Waals surface area (Å²) in [6.07, 6.45) is 4.17. The van der Waals surface area contributed by atoms with Crippen molar-refractivity contribution in [2.24, 2.45) is 11.8 Å².